The molecule has 0 fully saturated rings. The fraction of sp³-hybridized carbons (Fsp3) is 0.125. The number of hydrogen-bond donors (Lipinski definition) is 0. The van der Waals surface area contributed by atoms with Crippen LogP contribution >= 0.6 is 11.8 Å². The second-order valence-electron chi connectivity index (χ2n) is 6.63. The Balaban J connectivity index is 1.73. The van der Waals surface area contributed by atoms with Crippen molar-refractivity contribution in [3.05, 3.63) is 83.9 Å². The topological polar surface area (TPSA) is 73.0 Å². The second-order valence-corrected chi connectivity index (χ2v) is 7.57. The lowest BCUT2D eigenvalue weighted by atomic mass is 10.1. The molecule has 6 nitrogen and oxygen atoms in total. The molecule has 31 heavy (non-hydrogen) atoms. The third kappa shape index (κ3) is 4.39. The first-order chi connectivity index (χ1) is 15.2. The number of rotatable bonds is 7. The standard InChI is InChI=1S/C24H20N4O2S/c1-29-21-11-7-17(8-12-21)23-26-27-24(28(23)20-9-13-22(30-2)14-10-20)31-16-19-6-4-3-5-18(19)15-25/h3-14H,16H2,1-2H3. The minimum Gasteiger partial charge on any atom is -0.497 e. The van der Waals surface area contributed by atoms with Gasteiger partial charge in [-0.25, -0.2) is 0 Å². The zero-order valence-corrected chi connectivity index (χ0v) is 18.0. The summed E-state index contributed by atoms with van der Waals surface area (Å²) in [5.74, 6) is 2.89. The number of benzene rings is 3. The van der Waals surface area contributed by atoms with Gasteiger partial charge in [0.15, 0.2) is 11.0 Å². The summed E-state index contributed by atoms with van der Waals surface area (Å²) in [5, 5.41) is 19.0. The van der Waals surface area contributed by atoms with Gasteiger partial charge in [0.25, 0.3) is 0 Å². The number of thioether (sulfide) groups is 1. The van der Waals surface area contributed by atoms with Crippen LogP contribution in [0.4, 0.5) is 0 Å². The van der Waals surface area contributed by atoms with Crippen LogP contribution < -0.4 is 9.47 Å². The van der Waals surface area contributed by atoms with Gasteiger partial charge in [-0.1, -0.05) is 30.0 Å². The van der Waals surface area contributed by atoms with Crippen molar-refractivity contribution in [2.45, 2.75) is 10.9 Å². The molecular formula is C24H20N4O2S. The van der Waals surface area contributed by atoms with Crippen LogP contribution in [0.15, 0.2) is 78.0 Å². The highest BCUT2D eigenvalue weighted by molar-refractivity contribution is 7.98. The first-order valence-corrected chi connectivity index (χ1v) is 10.6. The lowest BCUT2D eigenvalue weighted by Crippen LogP contribution is -2.00. The van der Waals surface area contributed by atoms with E-state index in [0.717, 1.165) is 39.3 Å². The van der Waals surface area contributed by atoms with E-state index >= 15 is 0 Å². The summed E-state index contributed by atoms with van der Waals surface area (Å²) in [6.45, 7) is 0. The molecule has 4 rings (SSSR count). The smallest absolute Gasteiger partial charge is 0.196 e. The molecule has 0 radical (unpaired) electrons. The van der Waals surface area contributed by atoms with E-state index in [0.29, 0.717) is 11.3 Å². The predicted molar refractivity (Wildman–Crippen MR) is 121 cm³/mol. The van der Waals surface area contributed by atoms with E-state index in [1.807, 2.05) is 77.4 Å². The van der Waals surface area contributed by atoms with E-state index in [2.05, 4.69) is 16.3 Å². The fourth-order valence-corrected chi connectivity index (χ4v) is 4.11. The van der Waals surface area contributed by atoms with Crippen molar-refractivity contribution in [1.29, 1.82) is 5.26 Å². The number of nitrogens with zero attached hydrogens (tertiary/aromatic N) is 4. The summed E-state index contributed by atoms with van der Waals surface area (Å²) >= 11 is 1.54. The molecule has 0 saturated heterocycles. The number of aromatic nitrogens is 3. The van der Waals surface area contributed by atoms with Crippen LogP contribution in [0, 0.1) is 11.3 Å². The minimum atomic E-state index is 0.612. The van der Waals surface area contributed by atoms with Crippen LogP contribution in [0.3, 0.4) is 0 Å². The summed E-state index contributed by atoms with van der Waals surface area (Å²) in [4.78, 5) is 0. The zero-order chi connectivity index (χ0) is 21.6. The van der Waals surface area contributed by atoms with Crippen LogP contribution in [0.5, 0.6) is 11.5 Å². The highest BCUT2D eigenvalue weighted by Crippen LogP contribution is 2.31. The summed E-state index contributed by atoms with van der Waals surface area (Å²) in [6.07, 6.45) is 0. The Morgan fingerprint density at radius 3 is 2.16 bits per heavy atom. The van der Waals surface area contributed by atoms with Crippen molar-refractivity contribution in [3.8, 4) is 34.6 Å². The Morgan fingerprint density at radius 1 is 0.871 bits per heavy atom. The molecule has 7 heteroatoms. The van der Waals surface area contributed by atoms with Crippen molar-refractivity contribution in [1.82, 2.24) is 14.8 Å². The van der Waals surface area contributed by atoms with Gasteiger partial charge in [0.2, 0.25) is 0 Å². The molecular weight excluding hydrogens is 408 g/mol. The SMILES string of the molecule is COc1ccc(-c2nnc(SCc3ccccc3C#N)n2-c2ccc(OC)cc2)cc1. The Morgan fingerprint density at radius 2 is 1.52 bits per heavy atom. The van der Waals surface area contributed by atoms with Crippen LogP contribution in [-0.2, 0) is 5.75 Å². The summed E-state index contributed by atoms with van der Waals surface area (Å²) in [6, 6.07) is 25.3. The van der Waals surface area contributed by atoms with E-state index in [1.165, 1.54) is 11.8 Å². The molecule has 0 aliphatic heterocycles. The molecule has 0 unspecified atom stereocenters. The van der Waals surface area contributed by atoms with Crippen molar-refractivity contribution in [2.24, 2.45) is 0 Å². The van der Waals surface area contributed by atoms with Gasteiger partial charge in [-0.05, 0) is 60.2 Å². The van der Waals surface area contributed by atoms with E-state index in [9.17, 15) is 5.26 Å². The van der Waals surface area contributed by atoms with Gasteiger partial charge < -0.3 is 9.47 Å². The molecule has 3 aromatic carbocycles. The van der Waals surface area contributed by atoms with Gasteiger partial charge in [0, 0.05) is 17.0 Å². The zero-order valence-electron chi connectivity index (χ0n) is 17.1. The van der Waals surface area contributed by atoms with E-state index < -0.39 is 0 Å². The van der Waals surface area contributed by atoms with Gasteiger partial charge in [-0.15, -0.1) is 10.2 Å². The van der Waals surface area contributed by atoms with E-state index in [-0.39, 0.29) is 0 Å². The maximum atomic E-state index is 9.38. The molecule has 0 N–H and O–H groups in total. The summed E-state index contributed by atoms with van der Waals surface area (Å²) in [5.41, 5.74) is 3.48. The maximum Gasteiger partial charge on any atom is 0.196 e. The molecule has 0 atom stereocenters. The maximum absolute atomic E-state index is 9.38. The van der Waals surface area contributed by atoms with Crippen LogP contribution in [0.1, 0.15) is 11.1 Å². The molecule has 0 saturated carbocycles. The van der Waals surface area contributed by atoms with Gasteiger partial charge >= 0.3 is 0 Å². The molecule has 0 amide bonds. The highest BCUT2D eigenvalue weighted by Gasteiger charge is 2.17. The van der Waals surface area contributed by atoms with Gasteiger partial charge in [-0.2, -0.15) is 5.26 Å². The molecule has 0 aliphatic rings. The van der Waals surface area contributed by atoms with Crippen molar-refractivity contribution < 1.29 is 9.47 Å². The van der Waals surface area contributed by atoms with Gasteiger partial charge in [-0.3, -0.25) is 4.57 Å². The number of hydrogen-bond acceptors (Lipinski definition) is 6. The van der Waals surface area contributed by atoms with Gasteiger partial charge in [0.05, 0.1) is 25.9 Å². The predicted octanol–water partition coefficient (Wildman–Crippen LogP) is 5.12. The quantitative estimate of drug-likeness (QED) is 0.381. The molecule has 0 spiro atoms. The Kier molecular flexibility index (Phi) is 6.20. The van der Waals surface area contributed by atoms with E-state index in [4.69, 9.17) is 9.47 Å². The lowest BCUT2D eigenvalue weighted by molar-refractivity contribution is 0.414. The molecule has 1 aromatic heterocycles. The van der Waals surface area contributed by atoms with Crippen molar-refractivity contribution in [2.75, 3.05) is 14.2 Å². The number of nitriles is 1. The normalized spacial score (nSPS) is 10.5. The second kappa shape index (κ2) is 9.37. The molecule has 0 bridgehead atoms. The van der Waals surface area contributed by atoms with Gasteiger partial charge in [0.1, 0.15) is 11.5 Å². The summed E-state index contributed by atoms with van der Waals surface area (Å²) in [7, 11) is 3.28. The number of ether oxygens (including phenoxy) is 2. The minimum absolute atomic E-state index is 0.612. The lowest BCUT2D eigenvalue weighted by Gasteiger charge is -2.12. The van der Waals surface area contributed by atoms with Crippen molar-refractivity contribution >= 4 is 11.8 Å². The largest absolute Gasteiger partial charge is 0.497 e. The number of methoxy groups -OCH3 is 2. The highest BCUT2D eigenvalue weighted by atomic mass is 32.2. The Labute approximate surface area is 185 Å². The van der Waals surface area contributed by atoms with Crippen LogP contribution in [0.2, 0.25) is 0 Å². The summed E-state index contributed by atoms with van der Waals surface area (Å²) < 4.78 is 12.6. The third-order valence-corrected chi connectivity index (χ3v) is 5.78. The first-order valence-electron chi connectivity index (χ1n) is 9.58. The first kappa shape index (κ1) is 20.5. The molecule has 154 valence electrons. The Bertz CT molecular complexity index is 1210. The average molecular weight is 429 g/mol. The molecule has 4 aromatic rings. The molecule has 1 heterocycles. The van der Waals surface area contributed by atoms with E-state index in [1.54, 1.807) is 14.2 Å². The van der Waals surface area contributed by atoms with Crippen molar-refractivity contribution in [3.63, 3.8) is 0 Å². The molecule has 0 aliphatic carbocycles. The third-order valence-electron chi connectivity index (χ3n) is 4.81. The fourth-order valence-electron chi connectivity index (χ4n) is 3.15. The van der Waals surface area contributed by atoms with Crippen LogP contribution in [0.25, 0.3) is 17.1 Å². The van der Waals surface area contributed by atoms with Crippen LogP contribution in [-0.4, -0.2) is 29.0 Å². The average Bonchev–Trinajstić information content (AvgIpc) is 3.27. The monoisotopic (exact) mass is 428 g/mol. The Hall–Kier alpha value is -3.76.